The summed E-state index contributed by atoms with van der Waals surface area (Å²) in [6.07, 6.45) is 0.394. The Morgan fingerprint density at radius 1 is 1.07 bits per heavy atom. The van der Waals surface area contributed by atoms with E-state index >= 15 is 0 Å². The van der Waals surface area contributed by atoms with Crippen LogP contribution in [-0.4, -0.2) is 15.8 Å². The number of aromatic nitrogens is 2. The van der Waals surface area contributed by atoms with Crippen molar-refractivity contribution in [2.75, 3.05) is 0 Å². The van der Waals surface area contributed by atoms with Gasteiger partial charge in [-0.05, 0) is 38.1 Å². The van der Waals surface area contributed by atoms with Gasteiger partial charge >= 0.3 is 0 Å². The van der Waals surface area contributed by atoms with Crippen LogP contribution in [0.25, 0.3) is 11.3 Å². The quantitative estimate of drug-likeness (QED) is 0.680. The van der Waals surface area contributed by atoms with Crippen molar-refractivity contribution in [2.45, 2.75) is 32.0 Å². The summed E-state index contributed by atoms with van der Waals surface area (Å²) in [5.74, 6) is 1.19. The summed E-state index contributed by atoms with van der Waals surface area (Å²) in [6, 6.07) is 21.2. The molecule has 0 saturated heterocycles. The van der Waals surface area contributed by atoms with Crippen LogP contribution in [0.5, 0.6) is 11.6 Å². The molecule has 0 unspecified atom stereocenters. The van der Waals surface area contributed by atoms with Gasteiger partial charge in [-0.1, -0.05) is 30.3 Å². The molecule has 0 radical (unpaired) electrons. The molecule has 3 aromatic rings. The Balaban J connectivity index is 1.61. The van der Waals surface area contributed by atoms with Crippen LogP contribution in [0, 0.1) is 11.3 Å². The van der Waals surface area contributed by atoms with Crippen molar-refractivity contribution >= 4 is 0 Å². The largest absolute Gasteiger partial charge is 0.487 e. The normalized spacial score (nSPS) is 17.3. The average Bonchev–Trinajstić information content (AvgIpc) is 2.68. The first-order valence-electron chi connectivity index (χ1n) is 8.83. The standard InChI is InChI=1S/C22H19N3O2/c1-22(2)13-20(17-12-15(14-23)8-10-19(17)27-22)26-21-11-9-18(24-25-21)16-6-4-3-5-7-16/h3-12,20H,13H2,1-2H3/t20-/m0/s1. The lowest BCUT2D eigenvalue weighted by atomic mass is 9.91. The van der Waals surface area contributed by atoms with Gasteiger partial charge in [0.05, 0.1) is 17.3 Å². The van der Waals surface area contributed by atoms with Crippen molar-refractivity contribution in [2.24, 2.45) is 0 Å². The molecule has 1 aromatic heterocycles. The SMILES string of the molecule is CC1(C)C[C@H](Oc2ccc(-c3ccccc3)nn2)c2cc(C#N)ccc2O1. The van der Waals surface area contributed by atoms with E-state index < -0.39 is 0 Å². The molecule has 0 bridgehead atoms. The lowest BCUT2D eigenvalue weighted by Gasteiger charge is -2.37. The van der Waals surface area contributed by atoms with Gasteiger partial charge in [0.15, 0.2) is 0 Å². The van der Waals surface area contributed by atoms with Crippen LogP contribution in [0.3, 0.4) is 0 Å². The van der Waals surface area contributed by atoms with Gasteiger partial charge in [-0.2, -0.15) is 5.26 Å². The number of ether oxygens (including phenoxy) is 2. The summed E-state index contributed by atoms with van der Waals surface area (Å²) in [7, 11) is 0. The fourth-order valence-corrected chi connectivity index (χ4v) is 3.26. The maximum atomic E-state index is 9.20. The molecule has 1 atom stereocenters. The zero-order valence-electron chi connectivity index (χ0n) is 15.2. The van der Waals surface area contributed by atoms with Crippen molar-refractivity contribution in [3.8, 4) is 29.0 Å². The van der Waals surface area contributed by atoms with Crippen molar-refractivity contribution in [1.29, 1.82) is 5.26 Å². The van der Waals surface area contributed by atoms with E-state index in [1.165, 1.54) is 0 Å². The molecular weight excluding hydrogens is 338 g/mol. The number of nitriles is 1. The highest BCUT2D eigenvalue weighted by atomic mass is 16.5. The van der Waals surface area contributed by atoms with Crippen LogP contribution in [0.2, 0.25) is 0 Å². The van der Waals surface area contributed by atoms with E-state index in [0.29, 0.717) is 17.9 Å². The summed E-state index contributed by atoms with van der Waals surface area (Å²) in [5.41, 5.74) is 2.87. The summed E-state index contributed by atoms with van der Waals surface area (Å²) in [4.78, 5) is 0. The van der Waals surface area contributed by atoms with Gasteiger partial charge < -0.3 is 9.47 Å². The van der Waals surface area contributed by atoms with Crippen LogP contribution < -0.4 is 9.47 Å². The highest BCUT2D eigenvalue weighted by Gasteiger charge is 2.35. The van der Waals surface area contributed by atoms with E-state index in [4.69, 9.17) is 9.47 Å². The molecule has 2 aromatic carbocycles. The zero-order valence-corrected chi connectivity index (χ0v) is 15.2. The maximum Gasteiger partial charge on any atom is 0.234 e. The molecule has 0 fully saturated rings. The molecular formula is C22H19N3O2. The van der Waals surface area contributed by atoms with Gasteiger partial charge in [0.1, 0.15) is 17.5 Å². The van der Waals surface area contributed by atoms with Crippen LogP contribution in [-0.2, 0) is 0 Å². The number of hydrogen-bond donors (Lipinski definition) is 0. The average molecular weight is 357 g/mol. The third kappa shape index (κ3) is 3.61. The topological polar surface area (TPSA) is 68.0 Å². The van der Waals surface area contributed by atoms with Crippen LogP contribution in [0.4, 0.5) is 0 Å². The van der Waals surface area contributed by atoms with Crippen molar-refractivity contribution in [3.63, 3.8) is 0 Å². The fraction of sp³-hybridized carbons (Fsp3) is 0.227. The molecule has 0 N–H and O–H groups in total. The third-order valence-electron chi connectivity index (χ3n) is 4.52. The predicted octanol–water partition coefficient (Wildman–Crippen LogP) is 4.70. The van der Waals surface area contributed by atoms with Crippen molar-refractivity contribution < 1.29 is 9.47 Å². The van der Waals surface area contributed by atoms with E-state index in [-0.39, 0.29) is 11.7 Å². The molecule has 5 heteroatoms. The van der Waals surface area contributed by atoms with Gasteiger partial charge in [0.25, 0.3) is 0 Å². The summed E-state index contributed by atoms with van der Waals surface area (Å²) < 4.78 is 12.2. The second kappa shape index (κ2) is 6.73. The first kappa shape index (κ1) is 17.0. The molecule has 1 aliphatic heterocycles. The fourth-order valence-electron chi connectivity index (χ4n) is 3.26. The summed E-state index contributed by atoms with van der Waals surface area (Å²) >= 11 is 0. The Morgan fingerprint density at radius 2 is 1.89 bits per heavy atom. The molecule has 0 spiro atoms. The predicted molar refractivity (Wildman–Crippen MR) is 101 cm³/mol. The molecule has 1 aliphatic rings. The van der Waals surface area contributed by atoms with Crippen LogP contribution in [0.15, 0.2) is 60.7 Å². The Morgan fingerprint density at radius 3 is 2.59 bits per heavy atom. The highest BCUT2D eigenvalue weighted by Crippen LogP contribution is 2.41. The molecule has 5 nitrogen and oxygen atoms in total. The first-order chi connectivity index (χ1) is 13.0. The van der Waals surface area contributed by atoms with E-state index in [1.54, 1.807) is 6.07 Å². The van der Waals surface area contributed by atoms with Gasteiger partial charge in [-0.15, -0.1) is 10.2 Å². The molecule has 27 heavy (non-hydrogen) atoms. The minimum atomic E-state index is -0.372. The Bertz CT molecular complexity index is 992. The smallest absolute Gasteiger partial charge is 0.234 e. The summed E-state index contributed by atoms with van der Waals surface area (Å²) in [6.45, 7) is 4.05. The van der Waals surface area contributed by atoms with E-state index in [1.807, 2.05) is 68.4 Å². The van der Waals surface area contributed by atoms with Crippen molar-refractivity contribution in [3.05, 3.63) is 71.8 Å². The summed E-state index contributed by atoms with van der Waals surface area (Å²) in [5, 5.41) is 17.7. The second-order valence-electron chi connectivity index (χ2n) is 7.16. The minimum absolute atomic E-state index is 0.256. The first-order valence-corrected chi connectivity index (χ1v) is 8.83. The Kier molecular flexibility index (Phi) is 4.25. The molecule has 4 rings (SSSR count). The lowest BCUT2D eigenvalue weighted by Crippen LogP contribution is -2.36. The number of hydrogen-bond acceptors (Lipinski definition) is 5. The van der Waals surface area contributed by atoms with E-state index in [2.05, 4.69) is 16.3 Å². The lowest BCUT2D eigenvalue weighted by molar-refractivity contribution is 0.0200. The van der Waals surface area contributed by atoms with Gasteiger partial charge in [-0.25, -0.2) is 0 Å². The number of rotatable bonds is 3. The van der Waals surface area contributed by atoms with Crippen LogP contribution >= 0.6 is 0 Å². The van der Waals surface area contributed by atoms with Gasteiger partial charge in [0.2, 0.25) is 5.88 Å². The maximum absolute atomic E-state index is 9.20. The van der Waals surface area contributed by atoms with Crippen LogP contribution in [0.1, 0.15) is 37.5 Å². The minimum Gasteiger partial charge on any atom is -0.487 e. The highest BCUT2D eigenvalue weighted by molar-refractivity contribution is 5.58. The molecule has 134 valence electrons. The molecule has 2 heterocycles. The monoisotopic (exact) mass is 357 g/mol. The molecule has 0 saturated carbocycles. The Hall–Kier alpha value is -3.39. The van der Waals surface area contributed by atoms with Gasteiger partial charge in [0, 0.05) is 23.6 Å². The Labute approximate surface area is 158 Å². The van der Waals surface area contributed by atoms with E-state index in [0.717, 1.165) is 22.6 Å². The second-order valence-corrected chi connectivity index (χ2v) is 7.16. The number of benzene rings is 2. The third-order valence-corrected chi connectivity index (χ3v) is 4.52. The zero-order chi connectivity index (χ0) is 18.9. The number of fused-ring (bicyclic) bond motifs is 1. The molecule has 0 amide bonds. The van der Waals surface area contributed by atoms with Gasteiger partial charge in [-0.3, -0.25) is 0 Å². The number of nitrogens with zero attached hydrogens (tertiary/aromatic N) is 3. The van der Waals surface area contributed by atoms with Crippen molar-refractivity contribution in [1.82, 2.24) is 10.2 Å². The molecule has 0 aliphatic carbocycles. The van der Waals surface area contributed by atoms with E-state index in [9.17, 15) is 5.26 Å².